The normalized spacial score (nSPS) is 9.44. The quantitative estimate of drug-likeness (QED) is 0.778. The minimum absolute atomic E-state index is 0.0981. The number of nitrogens with one attached hydrogen (secondary N) is 1. The first-order valence-corrected chi connectivity index (χ1v) is 6.21. The van der Waals surface area contributed by atoms with E-state index in [1.54, 1.807) is 0 Å². The van der Waals surface area contributed by atoms with Crippen LogP contribution >= 0.6 is 0 Å². The maximum Gasteiger partial charge on any atom is 0.220 e. The number of carbonyl (C=O) groups excluding carboxylic acids is 1. The molecule has 96 valence electrons. The lowest BCUT2D eigenvalue weighted by atomic mass is 10.1. The second kappa shape index (κ2) is 8.32. The predicted molar refractivity (Wildman–Crippen MR) is 71.8 cm³/mol. The highest BCUT2D eigenvalue weighted by atomic mass is 16.2. The van der Waals surface area contributed by atoms with Gasteiger partial charge in [-0.2, -0.15) is 0 Å². The van der Waals surface area contributed by atoms with Crippen LogP contribution in [0.1, 0.15) is 37.3 Å². The molecule has 0 saturated heterocycles. The van der Waals surface area contributed by atoms with Gasteiger partial charge in [-0.05, 0) is 24.1 Å². The van der Waals surface area contributed by atoms with E-state index in [9.17, 15) is 4.79 Å². The number of benzene rings is 1. The first-order chi connectivity index (χ1) is 8.76. The van der Waals surface area contributed by atoms with Crippen LogP contribution in [0, 0.1) is 11.8 Å². The molecule has 0 fully saturated rings. The van der Waals surface area contributed by atoms with E-state index in [1.807, 2.05) is 24.3 Å². The Balaban J connectivity index is 2.41. The summed E-state index contributed by atoms with van der Waals surface area (Å²) in [6.07, 6.45) is 2.56. The zero-order valence-electron chi connectivity index (χ0n) is 10.7. The van der Waals surface area contributed by atoms with Gasteiger partial charge in [0.25, 0.3) is 0 Å². The zero-order valence-corrected chi connectivity index (χ0v) is 10.7. The molecule has 0 heterocycles. The average Bonchev–Trinajstić information content (AvgIpc) is 2.41. The van der Waals surface area contributed by atoms with Crippen LogP contribution in [-0.4, -0.2) is 17.6 Å². The molecule has 0 saturated carbocycles. The van der Waals surface area contributed by atoms with E-state index >= 15 is 0 Å². The number of hydrogen-bond acceptors (Lipinski definition) is 2. The topological polar surface area (TPSA) is 49.3 Å². The lowest BCUT2D eigenvalue weighted by Crippen LogP contribution is -2.22. The minimum Gasteiger partial charge on any atom is -0.384 e. The van der Waals surface area contributed by atoms with Crippen LogP contribution in [0.3, 0.4) is 0 Å². The van der Waals surface area contributed by atoms with Crippen molar-refractivity contribution < 1.29 is 9.90 Å². The SMILES string of the molecule is CCCCC(=O)NCc1ccc(C#CCO)cc1. The highest BCUT2D eigenvalue weighted by Crippen LogP contribution is 2.03. The standard InChI is InChI=1S/C15H19NO2/c1-2-3-6-15(18)16-12-14-9-7-13(8-10-14)5-4-11-17/h7-10,17H,2-3,6,11-12H2,1H3,(H,16,18). The van der Waals surface area contributed by atoms with E-state index in [2.05, 4.69) is 24.1 Å². The maximum absolute atomic E-state index is 11.4. The average molecular weight is 245 g/mol. The summed E-state index contributed by atoms with van der Waals surface area (Å²) in [5.41, 5.74) is 1.92. The lowest BCUT2D eigenvalue weighted by molar-refractivity contribution is -0.121. The number of aliphatic hydroxyl groups excluding tert-OH is 1. The molecule has 3 nitrogen and oxygen atoms in total. The molecule has 0 bridgehead atoms. The van der Waals surface area contributed by atoms with Gasteiger partial charge in [-0.15, -0.1) is 0 Å². The molecule has 0 unspecified atom stereocenters. The van der Waals surface area contributed by atoms with E-state index in [0.29, 0.717) is 13.0 Å². The fourth-order valence-corrected chi connectivity index (χ4v) is 1.47. The van der Waals surface area contributed by atoms with Gasteiger partial charge in [0.05, 0.1) is 0 Å². The molecule has 0 spiro atoms. The van der Waals surface area contributed by atoms with Gasteiger partial charge in [-0.25, -0.2) is 0 Å². The second-order valence-electron chi connectivity index (χ2n) is 4.04. The summed E-state index contributed by atoms with van der Waals surface area (Å²) < 4.78 is 0. The molecule has 1 aromatic carbocycles. The Kier molecular flexibility index (Phi) is 6.60. The third-order valence-electron chi connectivity index (χ3n) is 2.51. The van der Waals surface area contributed by atoms with Crippen molar-refractivity contribution in [2.24, 2.45) is 0 Å². The van der Waals surface area contributed by atoms with Crippen LogP contribution in [-0.2, 0) is 11.3 Å². The van der Waals surface area contributed by atoms with E-state index in [1.165, 1.54) is 0 Å². The Morgan fingerprint density at radius 3 is 2.67 bits per heavy atom. The van der Waals surface area contributed by atoms with Gasteiger partial charge >= 0.3 is 0 Å². The van der Waals surface area contributed by atoms with Crippen LogP contribution in [0.2, 0.25) is 0 Å². The van der Waals surface area contributed by atoms with Gasteiger partial charge in [0.2, 0.25) is 5.91 Å². The predicted octanol–water partition coefficient (Wildman–Crippen LogP) is 1.84. The Labute approximate surface area is 108 Å². The summed E-state index contributed by atoms with van der Waals surface area (Å²) in [6, 6.07) is 7.63. The first kappa shape index (κ1) is 14.3. The largest absolute Gasteiger partial charge is 0.384 e. The van der Waals surface area contributed by atoms with Crippen molar-refractivity contribution in [2.75, 3.05) is 6.61 Å². The van der Waals surface area contributed by atoms with E-state index in [0.717, 1.165) is 24.0 Å². The molecule has 1 aromatic rings. The van der Waals surface area contributed by atoms with Crippen molar-refractivity contribution >= 4 is 5.91 Å². The Bertz CT molecular complexity index is 426. The van der Waals surface area contributed by atoms with Crippen molar-refractivity contribution in [2.45, 2.75) is 32.7 Å². The molecule has 0 aliphatic carbocycles. The van der Waals surface area contributed by atoms with Crippen LogP contribution < -0.4 is 5.32 Å². The monoisotopic (exact) mass is 245 g/mol. The van der Waals surface area contributed by atoms with E-state index in [4.69, 9.17) is 5.11 Å². The second-order valence-corrected chi connectivity index (χ2v) is 4.04. The third-order valence-corrected chi connectivity index (χ3v) is 2.51. The number of hydrogen-bond donors (Lipinski definition) is 2. The molecule has 18 heavy (non-hydrogen) atoms. The van der Waals surface area contributed by atoms with Gasteiger partial charge < -0.3 is 10.4 Å². The van der Waals surface area contributed by atoms with Crippen molar-refractivity contribution in [3.05, 3.63) is 35.4 Å². The molecule has 1 rings (SSSR count). The number of aliphatic hydroxyl groups is 1. The third kappa shape index (κ3) is 5.51. The first-order valence-electron chi connectivity index (χ1n) is 6.21. The highest BCUT2D eigenvalue weighted by molar-refractivity contribution is 5.75. The molecule has 3 heteroatoms. The summed E-state index contributed by atoms with van der Waals surface area (Å²) >= 11 is 0. The van der Waals surface area contributed by atoms with Crippen molar-refractivity contribution in [1.29, 1.82) is 0 Å². The summed E-state index contributed by atoms with van der Waals surface area (Å²) in [6.45, 7) is 2.49. The van der Waals surface area contributed by atoms with Gasteiger partial charge in [-0.3, -0.25) is 4.79 Å². The van der Waals surface area contributed by atoms with Crippen molar-refractivity contribution in [1.82, 2.24) is 5.32 Å². The molecule has 0 aliphatic heterocycles. The van der Waals surface area contributed by atoms with Gasteiger partial charge in [-0.1, -0.05) is 37.3 Å². The van der Waals surface area contributed by atoms with Crippen LogP contribution in [0.25, 0.3) is 0 Å². The smallest absolute Gasteiger partial charge is 0.220 e. The fraction of sp³-hybridized carbons (Fsp3) is 0.400. The summed E-state index contributed by atoms with van der Waals surface area (Å²) in [5, 5.41) is 11.5. The molecule has 0 radical (unpaired) electrons. The van der Waals surface area contributed by atoms with Crippen LogP contribution in [0.15, 0.2) is 24.3 Å². The van der Waals surface area contributed by atoms with Gasteiger partial charge in [0, 0.05) is 18.5 Å². The fourth-order valence-electron chi connectivity index (χ4n) is 1.47. The Morgan fingerprint density at radius 2 is 2.06 bits per heavy atom. The highest BCUT2D eigenvalue weighted by Gasteiger charge is 2.00. The summed E-state index contributed by atoms with van der Waals surface area (Å²) in [4.78, 5) is 11.4. The summed E-state index contributed by atoms with van der Waals surface area (Å²) in [7, 11) is 0. The molecule has 0 aliphatic rings. The van der Waals surface area contributed by atoms with Crippen molar-refractivity contribution in [3.8, 4) is 11.8 Å². The lowest BCUT2D eigenvalue weighted by Gasteiger charge is -2.04. The van der Waals surface area contributed by atoms with Crippen molar-refractivity contribution in [3.63, 3.8) is 0 Å². The van der Waals surface area contributed by atoms with E-state index < -0.39 is 0 Å². The van der Waals surface area contributed by atoms with Crippen LogP contribution in [0.5, 0.6) is 0 Å². The Morgan fingerprint density at radius 1 is 1.33 bits per heavy atom. The molecule has 0 atom stereocenters. The molecular formula is C15H19NO2. The minimum atomic E-state index is -0.130. The number of amides is 1. The maximum atomic E-state index is 11.4. The molecule has 0 aromatic heterocycles. The molecule has 2 N–H and O–H groups in total. The molecular weight excluding hydrogens is 226 g/mol. The van der Waals surface area contributed by atoms with Gasteiger partial charge in [0.1, 0.15) is 6.61 Å². The van der Waals surface area contributed by atoms with Crippen LogP contribution in [0.4, 0.5) is 0 Å². The number of carbonyl (C=O) groups is 1. The zero-order chi connectivity index (χ0) is 13.2. The van der Waals surface area contributed by atoms with Gasteiger partial charge in [0.15, 0.2) is 0 Å². The van der Waals surface area contributed by atoms with E-state index in [-0.39, 0.29) is 12.5 Å². The number of unbranched alkanes of at least 4 members (excludes halogenated alkanes) is 1. The number of rotatable bonds is 5. The summed E-state index contributed by atoms with van der Waals surface area (Å²) in [5.74, 6) is 5.52. The molecule has 1 amide bonds. The Hall–Kier alpha value is -1.79.